The van der Waals surface area contributed by atoms with Crippen LogP contribution in [-0.4, -0.2) is 74.7 Å². The van der Waals surface area contributed by atoms with Crippen LogP contribution in [0.1, 0.15) is 14.9 Å². The van der Waals surface area contributed by atoms with Crippen molar-refractivity contribution in [2.75, 3.05) is 28.4 Å². The van der Waals surface area contributed by atoms with Gasteiger partial charge in [-0.2, -0.15) is 0 Å². The number of ether oxygens (including phenoxy) is 4. The van der Waals surface area contributed by atoms with Crippen molar-refractivity contribution >= 4 is 23.9 Å². The first-order valence-corrected chi connectivity index (χ1v) is 5.60. The van der Waals surface area contributed by atoms with E-state index in [2.05, 4.69) is 18.9 Å². The zero-order valence-electron chi connectivity index (χ0n) is 12.5. The van der Waals surface area contributed by atoms with Gasteiger partial charge in [-0.1, -0.05) is 14.9 Å². The zero-order chi connectivity index (χ0) is 17.7. The molecule has 0 bridgehead atoms. The Balaban J connectivity index is -0.000000156. The predicted octanol–water partition coefficient (Wildman–Crippen LogP) is -0.785. The third-order valence-electron chi connectivity index (χ3n) is 1.94. The van der Waals surface area contributed by atoms with Crippen LogP contribution in [0.15, 0.2) is 12.2 Å². The highest BCUT2D eigenvalue weighted by Gasteiger charge is 2.31. The van der Waals surface area contributed by atoms with Crippen LogP contribution in [0.25, 0.3) is 0 Å². The highest BCUT2D eigenvalue weighted by Crippen LogP contribution is 1.97. The van der Waals surface area contributed by atoms with Crippen LogP contribution >= 0.6 is 0 Å². The number of aliphatic hydroxyl groups is 2. The van der Waals surface area contributed by atoms with E-state index in [1.807, 2.05) is 0 Å². The van der Waals surface area contributed by atoms with Crippen molar-refractivity contribution in [3.8, 4) is 0 Å². The van der Waals surface area contributed by atoms with Gasteiger partial charge < -0.3 is 29.2 Å². The second-order valence-electron chi connectivity index (χ2n) is 3.32. The number of methoxy groups -OCH3 is 4. The summed E-state index contributed by atoms with van der Waals surface area (Å²) >= 11 is 0. The van der Waals surface area contributed by atoms with Crippen molar-refractivity contribution in [2.24, 2.45) is 0 Å². The fourth-order valence-corrected chi connectivity index (χ4v) is 0.771. The van der Waals surface area contributed by atoms with E-state index in [4.69, 9.17) is 10.2 Å². The van der Waals surface area contributed by atoms with Crippen LogP contribution in [0.4, 0.5) is 0 Å². The highest BCUT2D eigenvalue weighted by atomic mass is 16.6. The van der Waals surface area contributed by atoms with Crippen molar-refractivity contribution in [3.05, 3.63) is 12.2 Å². The van der Waals surface area contributed by atoms with Gasteiger partial charge in [0.15, 0.2) is 12.2 Å². The lowest BCUT2D eigenvalue weighted by Gasteiger charge is -2.12. The topological polar surface area (TPSA) is 146 Å². The van der Waals surface area contributed by atoms with Gasteiger partial charge in [0.05, 0.1) is 28.4 Å². The number of aliphatic hydroxyl groups excluding tert-OH is 2. The van der Waals surface area contributed by atoms with Crippen LogP contribution in [-0.2, 0) is 38.1 Å². The first-order valence-electron chi connectivity index (χ1n) is 5.60. The van der Waals surface area contributed by atoms with Gasteiger partial charge in [-0.15, -0.1) is 0 Å². The molecular formula is C14H26O10. The molecule has 2 N–H and O–H groups in total. The summed E-state index contributed by atoms with van der Waals surface area (Å²) in [6, 6.07) is 0. The fourth-order valence-electron chi connectivity index (χ4n) is 0.771. The summed E-state index contributed by atoms with van der Waals surface area (Å²) in [4.78, 5) is 41.7. The normalized spacial score (nSPS) is 11.2. The number of carbonyl (C=O) groups is 4. The zero-order valence-corrected chi connectivity index (χ0v) is 12.5. The quantitative estimate of drug-likeness (QED) is 0.366. The molecule has 0 aromatic heterocycles. The summed E-state index contributed by atoms with van der Waals surface area (Å²) in [5, 5.41) is 17.7. The first-order chi connectivity index (χ1) is 10.2. The third-order valence-corrected chi connectivity index (χ3v) is 1.94. The monoisotopic (exact) mass is 354 g/mol. The van der Waals surface area contributed by atoms with E-state index in [9.17, 15) is 19.2 Å². The molecule has 10 nitrogen and oxygen atoms in total. The largest absolute Gasteiger partial charge is 0.467 e. The lowest BCUT2D eigenvalue weighted by molar-refractivity contribution is -0.169. The van der Waals surface area contributed by atoms with Crippen LogP contribution < -0.4 is 0 Å². The van der Waals surface area contributed by atoms with Gasteiger partial charge in [0.2, 0.25) is 0 Å². The molecule has 10 heteroatoms. The first kappa shape index (κ1) is 29.5. The van der Waals surface area contributed by atoms with Gasteiger partial charge in [-0.05, 0) is 0 Å². The van der Waals surface area contributed by atoms with E-state index < -0.39 is 36.1 Å². The number of hydrogen-bond donors (Lipinski definition) is 2. The van der Waals surface area contributed by atoms with Crippen molar-refractivity contribution in [1.82, 2.24) is 0 Å². The molecule has 0 saturated heterocycles. The van der Waals surface area contributed by atoms with E-state index in [-0.39, 0.29) is 14.9 Å². The molecule has 24 heavy (non-hydrogen) atoms. The maximum atomic E-state index is 10.5. The van der Waals surface area contributed by atoms with E-state index in [1.165, 1.54) is 14.2 Å². The fraction of sp³-hybridized carbons (Fsp3) is 0.571. The Kier molecular flexibility index (Phi) is 20.8. The lowest BCUT2D eigenvalue weighted by atomic mass is 10.2. The number of carbonyl (C=O) groups excluding carboxylic acids is 4. The van der Waals surface area contributed by atoms with Gasteiger partial charge in [0, 0.05) is 12.2 Å². The molecule has 0 aliphatic rings. The van der Waals surface area contributed by atoms with Crippen LogP contribution in [0, 0.1) is 0 Å². The molecule has 142 valence electrons. The summed E-state index contributed by atoms with van der Waals surface area (Å²) < 4.78 is 16.6. The van der Waals surface area contributed by atoms with Crippen LogP contribution in [0.3, 0.4) is 0 Å². The number of rotatable bonds is 5. The molecule has 0 aliphatic heterocycles. The Morgan fingerprint density at radius 1 is 0.667 bits per heavy atom. The highest BCUT2D eigenvalue weighted by molar-refractivity contribution is 5.91. The molecule has 0 amide bonds. The third kappa shape index (κ3) is 13.2. The molecule has 0 aliphatic carbocycles. The molecule has 2 atom stereocenters. The molecule has 0 aromatic rings. The second kappa shape index (κ2) is 16.9. The molecule has 0 radical (unpaired) electrons. The minimum absolute atomic E-state index is 0. The van der Waals surface area contributed by atoms with Crippen LogP contribution in [0.5, 0.6) is 0 Å². The SMILES string of the molecule is C.C.COC(=O)/C=C\C(=O)OC.COC(=O)C(O)C(O)C(=O)OC. The van der Waals surface area contributed by atoms with Crippen molar-refractivity contribution in [2.45, 2.75) is 27.1 Å². The molecule has 0 fully saturated rings. The summed E-state index contributed by atoms with van der Waals surface area (Å²) in [7, 11) is 4.50. The van der Waals surface area contributed by atoms with E-state index in [1.54, 1.807) is 0 Å². The van der Waals surface area contributed by atoms with Crippen LogP contribution in [0.2, 0.25) is 0 Å². The average molecular weight is 354 g/mol. The number of hydrogen-bond acceptors (Lipinski definition) is 10. The smallest absolute Gasteiger partial charge is 0.338 e. The maximum Gasteiger partial charge on any atom is 0.338 e. The van der Waals surface area contributed by atoms with Gasteiger partial charge in [0.1, 0.15) is 0 Å². The van der Waals surface area contributed by atoms with Crippen molar-refractivity contribution < 1.29 is 48.3 Å². The Labute approximate surface area is 141 Å². The maximum absolute atomic E-state index is 10.5. The summed E-state index contributed by atoms with van der Waals surface area (Å²) in [6.45, 7) is 0. The molecule has 2 unspecified atom stereocenters. The number of esters is 4. The van der Waals surface area contributed by atoms with Gasteiger partial charge in [0.25, 0.3) is 0 Å². The molecule has 0 aromatic carbocycles. The molecule has 0 spiro atoms. The summed E-state index contributed by atoms with van der Waals surface area (Å²) in [6.07, 6.45) is -1.82. The van der Waals surface area contributed by atoms with Gasteiger partial charge in [-0.25, -0.2) is 19.2 Å². The van der Waals surface area contributed by atoms with E-state index in [0.29, 0.717) is 0 Å². The Bertz CT molecular complexity index is 378. The predicted molar refractivity (Wildman–Crippen MR) is 82.7 cm³/mol. The van der Waals surface area contributed by atoms with Crippen molar-refractivity contribution in [3.63, 3.8) is 0 Å². The standard InChI is InChI=1S/C6H10O6.C6H8O4.2CH4/c1-11-5(9)3(7)4(8)6(10)12-2;1-9-5(7)3-4-6(8)10-2;;/h3-4,7-8H,1-2H3;3-4H,1-2H3;2*1H4/b;4-3-;;. The molecule has 0 heterocycles. The molecule has 0 rings (SSSR count). The minimum Gasteiger partial charge on any atom is -0.467 e. The second-order valence-corrected chi connectivity index (χ2v) is 3.32. The molecule has 0 saturated carbocycles. The van der Waals surface area contributed by atoms with E-state index in [0.717, 1.165) is 26.4 Å². The lowest BCUT2D eigenvalue weighted by Crippen LogP contribution is -2.40. The van der Waals surface area contributed by atoms with Crippen molar-refractivity contribution in [1.29, 1.82) is 0 Å². The Morgan fingerprint density at radius 3 is 1.08 bits per heavy atom. The summed E-state index contributed by atoms with van der Waals surface area (Å²) in [5.74, 6) is -3.34. The van der Waals surface area contributed by atoms with E-state index >= 15 is 0 Å². The molecular weight excluding hydrogens is 328 g/mol. The van der Waals surface area contributed by atoms with Gasteiger partial charge in [-0.3, -0.25) is 0 Å². The Morgan fingerprint density at radius 2 is 0.917 bits per heavy atom. The Hall–Kier alpha value is -2.46. The average Bonchev–Trinajstić information content (AvgIpc) is 2.56. The van der Waals surface area contributed by atoms with Gasteiger partial charge >= 0.3 is 23.9 Å². The minimum atomic E-state index is -1.90. The summed E-state index contributed by atoms with van der Waals surface area (Å²) in [5.41, 5.74) is 0.